The molecule has 0 saturated carbocycles. The van der Waals surface area contributed by atoms with Gasteiger partial charge in [-0.3, -0.25) is 0 Å². The number of rotatable bonds is 2. The van der Waals surface area contributed by atoms with Gasteiger partial charge in [-0.15, -0.1) is 0 Å². The number of nitrogens with zero attached hydrogens (tertiary/aromatic N) is 2. The standard InChI is InChI=1S/C15H11N3/c1-11-6-7-15(18-10-12(8-16)9-17)14-5-3-2-4-13(11)14/h2-7,10,18H,1H3. The van der Waals surface area contributed by atoms with E-state index in [0.29, 0.717) is 0 Å². The minimum atomic E-state index is 0.0552. The van der Waals surface area contributed by atoms with Crippen LogP contribution in [-0.4, -0.2) is 0 Å². The zero-order valence-electron chi connectivity index (χ0n) is 9.94. The average Bonchev–Trinajstić information content (AvgIpc) is 2.42. The van der Waals surface area contributed by atoms with Crippen LogP contribution in [0.1, 0.15) is 5.56 Å². The van der Waals surface area contributed by atoms with Crippen molar-refractivity contribution >= 4 is 16.5 Å². The van der Waals surface area contributed by atoms with E-state index in [0.717, 1.165) is 16.5 Å². The zero-order chi connectivity index (χ0) is 13.0. The van der Waals surface area contributed by atoms with Crippen molar-refractivity contribution in [2.75, 3.05) is 5.32 Å². The second kappa shape index (κ2) is 5.03. The molecule has 18 heavy (non-hydrogen) atoms. The molecule has 2 aromatic rings. The Kier molecular flexibility index (Phi) is 3.27. The van der Waals surface area contributed by atoms with Crippen molar-refractivity contribution in [1.29, 1.82) is 10.5 Å². The SMILES string of the molecule is Cc1ccc(NC=C(C#N)C#N)c2ccccc12. The third-order valence-corrected chi connectivity index (χ3v) is 2.75. The van der Waals surface area contributed by atoms with E-state index in [1.807, 2.05) is 42.5 Å². The fourth-order valence-electron chi connectivity index (χ4n) is 1.82. The Bertz CT molecular complexity index is 684. The summed E-state index contributed by atoms with van der Waals surface area (Å²) in [5, 5.41) is 22.6. The predicted octanol–water partition coefficient (Wildman–Crippen LogP) is 3.49. The van der Waals surface area contributed by atoms with Gasteiger partial charge in [0.05, 0.1) is 0 Å². The summed E-state index contributed by atoms with van der Waals surface area (Å²) in [6.45, 7) is 2.05. The molecule has 0 amide bonds. The number of nitrogens with one attached hydrogen (secondary N) is 1. The zero-order valence-corrected chi connectivity index (χ0v) is 9.94. The minimum Gasteiger partial charge on any atom is -0.359 e. The van der Waals surface area contributed by atoms with Crippen molar-refractivity contribution in [3.05, 3.63) is 53.7 Å². The van der Waals surface area contributed by atoms with Crippen LogP contribution in [-0.2, 0) is 0 Å². The van der Waals surface area contributed by atoms with E-state index < -0.39 is 0 Å². The van der Waals surface area contributed by atoms with Crippen LogP contribution in [0.3, 0.4) is 0 Å². The summed E-state index contributed by atoms with van der Waals surface area (Å²) in [7, 11) is 0. The molecule has 0 aliphatic carbocycles. The third kappa shape index (κ3) is 2.16. The lowest BCUT2D eigenvalue weighted by atomic mass is 10.0. The predicted molar refractivity (Wildman–Crippen MR) is 71.6 cm³/mol. The molecule has 2 rings (SSSR count). The van der Waals surface area contributed by atoms with Gasteiger partial charge in [0.1, 0.15) is 17.7 Å². The minimum absolute atomic E-state index is 0.0552. The summed E-state index contributed by atoms with van der Waals surface area (Å²) in [5.74, 6) is 0. The van der Waals surface area contributed by atoms with Crippen molar-refractivity contribution in [3.8, 4) is 12.1 Å². The molecule has 2 aromatic carbocycles. The van der Waals surface area contributed by atoms with Crippen molar-refractivity contribution in [3.63, 3.8) is 0 Å². The summed E-state index contributed by atoms with van der Waals surface area (Å²) in [6.07, 6.45) is 1.43. The van der Waals surface area contributed by atoms with E-state index in [4.69, 9.17) is 10.5 Å². The Morgan fingerprint density at radius 3 is 2.39 bits per heavy atom. The van der Waals surface area contributed by atoms with Crippen LogP contribution in [0.2, 0.25) is 0 Å². The third-order valence-electron chi connectivity index (χ3n) is 2.75. The van der Waals surface area contributed by atoms with Crippen LogP contribution < -0.4 is 5.32 Å². The average molecular weight is 233 g/mol. The first kappa shape index (κ1) is 11.7. The smallest absolute Gasteiger partial charge is 0.145 e. The topological polar surface area (TPSA) is 59.6 Å². The number of fused-ring (bicyclic) bond motifs is 1. The van der Waals surface area contributed by atoms with Gasteiger partial charge >= 0.3 is 0 Å². The Hall–Kier alpha value is -2.78. The number of hydrogen-bond acceptors (Lipinski definition) is 3. The van der Waals surface area contributed by atoms with Gasteiger partial charge in [0.25, 0.3) is 0 Å². The van der Waals surface area contributed by atoms with Gasteiger partial charge in [-0.2, -0.15) is 10.5 Å². The molecule has 0 bridgehead atoms. The van der Waals surface area contributed by atoms with Crippen molar-refractivity contribution in [2.45, 2.75) is 6.92 Å². The van der Waals surface area contributed by atoms with Crippen LogP contribution in [0.15, 0.2) is 48.2 Å². The lowest BCUT2D eigenvalue weighted by molar-refractivity contribution is 1.44. The number of aryl methyl sites for hydroxylation is 1. The summed E-state index contributed by atoms with van der Waals surface area (Å²) in [5.41, 5.74) is 2.14. The molecule has 0 spiro atoms. The van der Waals surface area contributed by atoms with E-state index >= 15 is 0 Å². The molecule has 0 aliphatic rings. The number of hydrogen-bond donors (Lipinski definition) is 1. The number of nitriles is 2. The molecule has 0 unspecified atom stereocenters. The molecule has 0 saturated heterocycles. The first-order valence-corrected chi connectivity index (χ1v) is 5.51. The van der Waals surface area contributed by atoms with Crippen molar-refractivity contribution < 1.29 is 0 Å². The fraction of sp³-hybridized carbons (Fsp3) is 0.0667. The molecule has 0 fully saturated rings. The monoisotopic (exact) mass is 233 g/mol. The number of benzene rings is 2. The van der Waals surface area contributed by atoms with Crippen LogP contribution in [0, 0.1) is 29.6 Å². The van der Waals surface area contributed by atoms with Gasteiger partial charge < -0.3 is 5.32 Å². The Balaban J connectivity index is 2.48. The maximum atomic E-state index is 8.68. The first-order valence-electron chi connectivity index (χ1n) is 5.51. The fourth-order valence-corrected chi connectivity index (χ4v) is 1.82. The quantitative estimate of drug-likeness (QED) is 0.807. The Labute approximate surface area is 106 Å². The second-order valence-corrected chi connectivity index (χ2v) is 3.90. The van der Waals surface area contributed by atoms with Gasteiger partial charge in [-0.05, 0) is 23.9 Å². The molecular weight excluding hydrogens is 222 g/mol. The molecule has 86 valence electrons. The van der Waals surface area contributed by atoms with Gasteiger partial charge in [0.2, 0.25) is 0 Å². The maximum absolute atomic E-state index is 8.68. The molecule has 0 heterocycles. The summed E-state index contributed by atoms with van der Waals surface area (Å²) in [6, 6.07) is 15.6. The molecule has 0 aromatic heterocycles. The summed E-state index contributed by atoms with van der Waals surface area (Å²) >= 11 is 0. The Morgan fingerprint density at radius 2 is 1.72 bits per heavy atom. The molecule has 1 N–H and O–H groups in total. The Morgan fingerprint density at radius 1 is 1.06 bits per heavy atom. The molecular formula is C15H11N3. The van der Waals surface area contributed by atoms with E-state index in [2.05, 4.69) is 18.3 Å². The second-order valence-electron chi connectivity index (χ2n) is 3.90. The largest absolute Gasteiger partial charge is 0.359 e. The molecule has 0 aliphatic heterocycles. The first-order chi connectivity index (χ1) is 8.76. The van der Waals surface area contributed by atoms with Crippen LogP contribution in [0.5, 0.6) is 0 Å². The molecule has 0 radical (unpaired) electrons. The summed E-state index contributed by atoms with van der Waals surface area (Å²) in [4.78, 5) is 0. The van der Waals surface area contributed by atoms with Crippen molar-refractivity contribution in [2.24, 2.45) is 0 Å². The van der Waals surface area contributed by atoms with Crippen LogP contribution in [0.4, 0.5) is 5.69 Å². The molecule has 3 nitrogen and oxygen atoms in total. The van der Waals surface area contributed by atoms with E-state index in [-0.39, 0.29) is 5.57 Å². The van der Waals surface area contributed by atoms with Gasteiger partial charge in [-0.25, -0.2) is 0 Å². The highest BCUT2D eigenvalue weighted by Crippen LogP contribution is 2.26. The van der Waals surface area contributed by atoms with Gasteiger partial charge in [-0.1, -0.05) is 30.3 Å². The lowest BCUT2D eigenvalue weighted by Gasteiger charge is -2.08. The highest BCUT2D eigenvalue weighted by molar-refractivity contribution is 5.96. The molecule has 0 atom stereocenters. The normalized spacial score (nSPS) is 9.28. The number of anilines is 1. The molecule has 3 heteroatoms. The van der Waals surface area contributed by atoms with Crippen molar-refractivity contribution in [1.82, 2.24) is 0 Å². The highest BCUT2D eigenvalue weighted by atomic mass is 14.8. The lowest BCUT2D eigenvalue weighted by Crippen LogP contribution is -1.92. The highest BCUT2D eigenvalue weighted by Gasteiger charge is 2.01. The number of allylic oxidation sites excluding steroid dienone is 1. The van der Waals surface area contributed by atoms with E-state index in [1.54, 1.807) is 0 Å². The summed E-state index contributed by atoms with van der Waals surface area (Å²) < 4.78 is 0. The van der Waals surface area contributed by atoms with Gasteiger partial charge in [0.15, 0.2) is 0 Å². The van der Waals surface area contributed by atoms with Crippen LogP contribution >= 0.6 is 0 Å². The van der Waals surface area contributed by atoms with Crippen LogP contribution in [0.25, 0.3) is 10.8 Å². The van der Waals surface area contributed by atoms with E-state index in [1.165, 1.54) is 11.8 Å². The maximum Gasteiger partial charge on any atom is 0.145 e. The van der Waals surface area contributed by atoms with E-state index in [9.17, 15) is 0 Å². The van der Waals surface area contributed by atoms with Gasteiger partial charge in [0, 0.05) is 17.3 Å².